The van der Waals surface area contributed by atoms with Crippen LogP contribution in [0.5, 0.6) is 0 Å². The van der Waals surface area contributed by atoms with Gasteiger partial charge in [-0.05, 0) is 61.4 Å². The first-order valence-corrected chi connectivity index (χ1v) is 6.97. The number of hydrogen-bond acceptors (Lipinski definition) is 2. The lowest BCUT2D eigenvalue weighted by atomic mass is 10.1. The third kappa shape index (κ3) is 3.19. The van der Waals surface area contributed by atoms with E-state index in [9.17, 15) is 4.39 Å². The number of pyridine rings is 1. The predicted molar refractivity (Wildman–Crippen MR) is 84.9 cm³/mol. The molecule has 3 aromatic rings. The van der Waals surface area contributed by atoms with Crippen LogP contribution in [0.4, 0.5) is 10.1 Å². The van der Waals surface area contributed by atoms with E-state index < -0.39 is 0 Å². The van der Waals surface area contributed by atoms with Crippen LogP contribution in [0.15, 0.2) is 48.5 Å². The third-order valence-corrected chi connectivity index (χ3v) is 3.43. The smallest absolute Gasteiger partial charge is 0.125 e. The molecule has 2 aromatic carbocycles. The van der Waals surface area contributed by atoms with E-state index >= 15 is 0 Å². The van der Waals surface area contributed by atoms with Crippen molar-refractivity contribution in [1.29, 1.82) is 0 Å². The topological polar surface area (TPSA) is 24.9 Å². The molecule has 0 unspecified atom stereocenters. The second-order valence-corrected chi connectivity index (χ2v) is 5.35. The number of benzene rings is 2. The highest BCUT2D eigenvalue weighted by Gasteiger charge is 2.01. The normalized spacial score (nSPS) is 10.8. The summed E-state index contributed by atoms with van der Waals surface area (Å²) < 4.78 is 13.4. The van der Waals surface area contributed by atoms with Gasteiger partial charge in [0.15, 0.2) is 0 Å². The van der Waals surface area contributed by atoms with Crippen molar-refractivity contribution < 1.29 is 4.39 Å². The molecule has 0 atom stereocenters. The Kier molecular flexibility index (Phi) is 3.57. The van der Waals surface area contributed by atoms with Crippen molar-refractivity contribution in [3.63, 3.8) is 0 Å². The zero-order valence-corrected chi connectivity index (χ0v) is 12.2. The Morgan fingerprint density at radius 3 is 2.67 bits per heavy atom. The van der Waals surface area contributed by atoms with E-state index in [-0.39, 0.29) is 5.82 Å². The SMILES string of the molecule is Cc1cc(F)cc(NCc2ccc3nc(C)ccc3c2)c1. The third-order valence-electron chi connectivity index (χ3n) is 3.43. The lowest BCUT2D eigenvalue weighted by molar-refractivity contribution is 0.627. The van der Waals surface area contributed by atoms with Gasteiger partial charge < -0.3 is 5.32 Å². The fraction of sp³-hybridized carbons (Fsp3) is 0.167. The second kappa shape index (κ2) is 5.52. The molecule has 3 rings (SSSR count). The van der Waals surface area contributed by atoms with E-state index in [2.05, 4.69) is 22.4 Å². The van der Waals surface area contributed by atoms with Gasteiger partial charge in [0.2, 0.25) is 0 Å². The van der Waals surface area contributed by atoms with Crippen molar-refractivity contribution in [3.05, 3.63) is 71.2 Å². The molecule has 3 heteroatoms. The van der Waals surface area contributed by atoms with Crippen molar-refractivity contribution in [1.82, 2.24) is 4.98 Å². The number of rotatable bonds is 3. The Balaban J connectivity index is 1.80. The molecule has 0 aliphatic rings. The van der Waals surface area contributed by atoms with Crippen LogP contribution in [0.3, 0.4) is 0 Å². The summed E-state index contributed by atoms with van der Waals surface area (Å²) in [5.41, 5.74) is 4.88. The lowest BCUT2D eigenvalue weighted by Crippen LogP contribution is -2.00. The molecule has 0 saturated heterocycles. The van der Waals surface area contributed by atoms with Crippen molar-refractivity contribution >= 4 is 16.6 Å². The first-order chi connectivity index (χ1) is 10.1. The van der Waals surface area contributed by atoms with Gasteiger partial charge in [-0.2, -0.15) is 0 Å². The second-order valence-electron chi connectivity index (χ2n) is 5.35. The molecule has 0 radical (unpaired) electrons. The molecular weight excluding hydrogens is 263 g/mol. The van der Waals surface area contributed by atoms with Gasteiger partial charge in [0.25, 0.3) is 0 Å². The van der Waals surface area contributed by atoms with E-state index in [0.717, 1.165) is 33.4 Å². The molecule has 21 heavy (non-hydrogen) atoms. The number of fused-ring (bicyclic) bond motifs is 1. The molecule has 0 aliphatic heterocycles. The monoisotopic (exact) mass is 280 g/mol. The van der Waals surface area contributed by atoms with Crippen molar-refractivity contribution in [3.8, 4) is 0 Å². The summed E-state index contributed by atoms with van der Waals surface area (Å²) in [6.45, 7) is 4.53. The quantitative estimate of drug-likeness (QED) is 0.758. The molecular formula is C18H17FN2. The fourth-order valence-electron chi connectivity index (χ4n) is 2.43. The Hall–Kier alpha value is -2.42. The zero-order valence-electron chi connectivity index (χ0n) is 12.2. The van der Waals surface area contributed by atoms with Gasteiger partial charge in [-0.25, -0.2) is 4.39 Å². The zero-order chi connectivity index (χ0) is 14.8. The summed E-state index contributed by atoms with van der Waals surface area (Å²) in [4.78, 5) is 4.49. The number of hydrogen-bond donors (Lipinski definition) is 1. The van der Waals surface area contributed by atoms with Crippen LogP contribution in [-0.4, -0.2) is 4.98 Å². The maximum Gasteiger partial charge on any atom is 0.125 e. The Bertz CT molecular complexity index is 776. The summed E-state index contributed by atoms with van der Waals surface area (Å²) in [5, 5.41) is 4.38. The number of anilines is 1. The number of nitrogens with zero attached hydrogens (tertiary/aromatic N) is 1. The van der Waals surface area contributed by atoms with Gasteiger partial charge in [0, 0.05) is 23.3 Å². The Morgan fingerprint density at radius 2 is 1.86 bits per heavy atom. The van der Waals surface area contributed by atoms with Crippen LogP contribution >= 0.6 is 0 Å². The summed E-state index contributed by atoms with van der Waals surface area (Å²) in [6, 6.07) is 15.2. The standard InChI is InChI=1S/C18H17FN2/c1-12-7-16(19)10-17(8-12)20-11-14-4-6-18-15(9-14)5-3-13(2)21-18/h3-10,20H,11H2,1-2H3. The maximum absolute atomic E-state index is 13.4. The molecule has 2 nitrogen and oxygen atoms in total. The summed E-state index contributed by atoms with van der Waals surface area (Å²) >= 11 is 0. The van der Waals surface area contributed by atoms with E-state index in [1.54, 1.807) is 0 Å². The molecule has 106 valence electrons. The van der Waals surface area contributed by atoms with E-state index in [1.165, 1.54) is 12.1 Å². The molecule has 1 aromatic heterocycles. The molecule has 1 heterocycles. The highest BCUT2D eigenvalue weighted by Crippen LogP contribution is 2.17. The van der Waals surface area contributed by atoms with Gasteiger partial charge in [-0.1, -0.05) is 12.1 Å². The molecule has 0 spiro atoms. The first kappa shape index (κ1) is 13.6. The molecule has 0 aliphatic carbocycles. The number of aromatic nitrogens is 1. The van der Waals surface area contributed by atoms with Crippen LogP contribution in [-0.2, 0) is 6.54 Å². The largest absolute Gasteiger partial charge is 0.381 e. The van der Waals surface area contributed by atoms with E-state index in [4.69, 9.17) is 0 Å². The minimum atomic E-state index is -0.212. The Labute approximate surface area is 123 Å². The summed E-state index contributed by atoms with van der Waals surface area (Å²) in [7, 11) is 0. The predicted octanol–water partition coefficient (Wildman–Crippen LogP) is 4.60. The number of halogens is 1. The molecule has 0 bridgehead atoms. The van der Waals surface area contributed by atoms with Gasteiger partial charge in [0.05, 0.1) is 5.52 Å². The van der Waals surface area contributed by atoms with Crippen LogP contribution in [0.1, 0.15) is 16.8 Å². The van der Waals surface area contributed by atoms with E-state index in [1.807, 2.05) is 38.1 Å². The molecule has 0 fully saturated rings. The summed E-state index contributed by atoms with van der Waals surface area (Å²) in [6.07, 6.45) is 0. The molecule has 1 N–H and O–H groups in total. The summed E-state index contributed by atoms with van der Waals surface area (Å²) in [5.74, 6) is -0.212. The van der Waals surface area contributed by atoms with Crippen LogP contribution in [0.25, 0.3) is 10.9 Å². The van der Waals surface area contributed by atoms with E-state index in [0.29, 0.717) is 6.54 Å². The van der Waals surface area contributed by atoms with Crippen LogP contribution in [0, 0.1) is 19.7 Å². The van der Waals surface area contributed by atoms with Crippen molar-refractivity contribution in [2.75, 3.05) is 5.32 Å². The van der Waals surface area contributed by atoms with Gasteiger partial charge in [0.1, 0.15) is 5.82 Å². The first-order valence-electron chi connectivity index (χ1n) is 6.97. The van der Waals surface area contributed by atoms with Crippen LogP contribution < -0.4 is 5.32 Å². The molecule has 0 saturated carbocycles. The highest BCUT2D eigenvalue weighted by atomic mass is 19.1. The highest BCUT2D eigenvalue weighted by molar-refractivity contribution is 5.79. The van der Waals surface area contributed by atoms with Gasteiger partial charge in [-0.3, -0.25) is 4.98 Å². The van der Waals surface area contributed by atoms with Gasteiger partial charge in [-0.15, -0.1) is 0 Å². The van der Waals surface area contributed by atoms with Crippen molar-refractivity contribution in [2.24, 2.45) is 0 Å². The maximum atomic E-state index is 13.4. The molecule has 0 amide bonds. The Morgan fingerprint density at radius 1 is 1.00 bits per heavy atom. The fourth-order valence-corrected chi connectivity index (χ4v) is 2.43. The number of aryl methyl sites for hydroxylation is 2. The lowest BCUT2D eigenvalue weighted by Gasteiger charge is -2.09. The van der Waals surface area contributed by atoms with Crippen LogP contribution in [0.2, 0.25) is 0 Å². The minimum Gasteiger partial charge on any atom is -0.381 e. The minimum absolute atomic E-state index is 0.212. The average Bonchev–Trinajstić information content (AvgIpc) is 2.44. The number of nitrogens with one attached hydrogen (secondary N) is 1. The van der Waals surface area contributed by atoms with Gasteiger partial charge >= 0.3 is 0 Å². The van der Waals surface area contributed by atoms with Crippen molar-refractivity contribution in [2.45, 2.75) is 20.4 Å². The average molecular weight is 280 g/mol.